The summed E-state index contributed by atoms with van der Waals surface area (Å²) in [7, 11) is 0. The molecule has 3 rings (SSSR count). The maximum absolute atomic E-state index is 10.9. The van der Waals surface area contributed by atoms with Gasteiger partial charge in [0.25, 0.3) is 0 Å². The number of benzene rings is 2. The average molecular weight is 292 g/mol. The summed E-state index contributed by atoms with van der Waals surface area (Å²) in [5, 5.41) is 13.4. The minimum absolute atomic E-state index is 0.316. The molecule has 0 unspecified atom stereocenters. The number of fused-ring (bicyclic) bond motifs is 1. The topological polar surface area (TPSA) is 62.2 Å². The Morgan fingerprint density at radius 1 is 1.00 bits per heavy atom. The van der Waals surface area contributed by atoms with Gasteiger partial charge in [0.2, 0.25) is 0 Å². The SMILES string of the molecule is O=C(O)c1cccc(CNCc2ccc3ncccc3c2)c1. The maximum atomic E-state index is 10.9. The standard InChI is InChI=1S/C18H16N2O2/c21-18(22)16-4-1-3-13(10-16)11-19-12-14-6-7-17-15(9-14)5-2-8-20-17/h1-10,19H,11-12H2,(H,21,22). The molecule has 0 saturated carbocycles. The molecule has 0 radical (unpaired) electrons. The zero-order chi connectivity index (χ0) is 15.4. The van der Waals surface area contributed by atoms with Gasteiger partial charge < -0.3 is 10.4 Å². The third-order valence-electron chi connectivity index (χ3n) is 3.50. The van der Waals surface area contributed by atoms with E-state index >= 15 is 0 Å². The molecule has 0 fully saturated rings. The fourth-order valence-corrected chi connectivity index (χ4v) is 2.40. The molecule has 1 aromatic heterocycles. The van der Waals surface area contributed by atoms with Gasteiger partial charge in [-0.15, -0.1) is 0 Å². The van der Waals surface area contributed by atoms with Crippen molar-refractivity contribution in [2.24, 2.45) is 0 Å². The van der Waals surface area contributed by atoms with Gasteiger partial charge in [-0.25, -0.2) is 4.79 Å². The third-order valence-corrected chi connectivity index (χ3v) is 3.50. The molecule has 2 aromatic carbocycles. The van der Waals surface area contributed by atoms with Gasteiger partial charge in [-0.1, -0.05) is 24.3 Å². The Morgan fingerprint density at radius 2 is 1.82 bits per heavy atom. The van der Waals surface area contributed by atoms with Crippen molar-refractivity contribution in [2.45, 2.75) is 13.1 Å². The number of nitrogens with one attached hydrogen (secondary N) is 1. The summed E-state index contributed by atoms with van der Waals surface area (Å²) in [6, 6.07) is 17.1. The molecule has 4 nitrogen and oxygen atoms in total. The molecular formula is C18H16N2O2. The van der Waals surface area contributed by atoms with Crippen molar-refractivity contribution in [3.63, 3.8) is 0 Å². The van der Waals surface area contributed by atoms with Gasteiger partial charge in [-0.2, -0.15) is 0 Å². The molecule has 0 bridgehead atoms. The van der Waals surface area contributed by atoms with Gasteiger partial charge in [0.15, 0.2) is 0 Å². The molecule has 1 heterocycles. The first-order valence-corrected chi connectivity index (χ1v) is 7.09. The van der Waals surface area contributed by atoms with Crippen LogP contribution in [0, 0.1) is 0 Å². The zero-order valence-corrected chi connectivity index (χ0v) is 12.0. The highest BCUT2D eigenvalue weighted by Crippen LogP contribution is 2.13. The van der Waals surface area contributed by atoms with Crippen molar-refractivity contribution < 1.29 is 9.90 Å². The normalized spacial score (nSPS) is 10.7. The van der Waals surface area contributed by atoms with Gasteiger partial charge in [0, 0.05) is 24.7 Å². The molecule has 3 aromatic rings. The van der Waals surface area contributed by atoms with Crippen LogP contribution in [0.5, 0.6) is 0 Å². The predicted molar refractivity (Wildman–Crippen MR) is 85.7 cm³/mol. The fraction of sp³-hybridized carbons (Fsp3) is 0.111. The monoisotopic (exact) mass is 292 g/mol. The highest BCUT2D eigenvalue weighted by atomic mass is 16.4. The highest BCUT2D eigenvalue weighted by Gasteiger charge is 2.03. The van der Waals surface area contributed by atoms with Crippen LogP contribution < -0.4 is 5.32 Å². The molecule has 0 aliphatic rings. The Balaban J connectivity index is 1.64. The van der Waals surface area contributed by atoms with Crippen molar-refractivity contribution in [3.05, 3.63) is 77.5 Å². The van der Waals surface area contributed by atoms with E-state index in [1.165, 1.54) is 5.56 Å². The first-order valence-electron chi connectivity index (χ1n) is 7.09. The van der Waals surface area contributed by atoms with Crippen molar-refractivity contribution in [1.29, 1.82) is 0 Å². The first kappa shape index (κ1) is 14.2. The summed E-state index contributed by atoms with van der Waals surface area (Å²) in [6.07, 6.45) is 1.79. The van der Waals surface area contributed by atoms with Crippen LogP contribution in [-0.2, 0) is 13.1 Å². The van der Waals surface area contributed by atoms with Gasteiger partial charge in [-0.05, 0) is 41.5 Å². The van der Waals surface area contributed by atoms with Crippen molar-refractivity contribution in [2.75, 3.05) is 0 Å². The molecule has 0 aliphatic heterocycles. The summed E-state index contributed by atoms with van der Waals surface area (Å²) in [4.78, 5) is 15.2. The van der Waals surface area contributed by atoms with Crippen LogP contribution in [0.25, 0.3) is 10.9 Å². The first-order chi connectivity index (χ1) is 10.7. The van der Waals surface area contributed by atoms with Crippen LogP contribution in [0.1, 0.15) is 21.5 Å². The molecular weight excluding hydrogens is 276 g/mol. The molecule has 110 valence electrons. The number of hydrogen-bond acceptors (Lipinski definition) is 3. The smallest absolute Gasteiger partial charge is 0.335 e. The van der Waals surface area contributed by atoms with E-state index in [0.29, 0.717) is 12.1 Å². The number of aromatic nitrogens is 1. The minimum Gasteiger partial charge on any atom is -0.478 e. The van der Waals surface area contributed by atoms with E-state index in [1.807, 2.05) is 24.3 Å². The van der Waals surface area contributed by atoms with E-state index in [-0.39, 0.29) is 0 Å². The number of rotatable bonds is 5. The summed E-state index contributed by atoms with van der Waals surface area (Å²) in [6.45, 7) is 1.36. The molecule has 0 aliphatic carbocycles. The number of carboxylic acid groups (broad SMARTS) is 1. The Labute approximate surface area is 128 Å². The summed E-state index contributed by atoms with van der Waals surface area (Å²) < 4.78 is 0. The number of hydrogen-bond donors (Lipinski definition) is 2. The van der Waals surface area contributed by atoms with E-state index in [0.717, 1.165) is 23.0 Å². The molecule has 4 heteroatoms. The van der Waals surface area contributed by atoms with E-state index < -0.39 is 5.97 Å². The number of pyridine rings is 1. The summed E-state index contributed by atoms with van der Waals surface area (Å²) >= 11 is 0. The third kappa shape index (κ3) is 3.30. The lowest BCUT2D eigenvalue weighted by Gasteiger charge is -2.07. The van der Waals surface area contributed by atoms with Crippen molar-refractivity contribution in [1.82, 2.24) is 10.3 Å². The number of aromatic carboxylic acids is 1. The lowest BCUT2D eigenvalue weighted by Crippen LogP contribution is -2.13. The van der Waals surface area contributed by atoms with Crippen molar-refractivity contribution >= 4 is 16.9 Å². The Morgan fingerprint density at radius 3 is 2.64 bits per heavy atom. The molecule has 0 atom stereocenters. The zero-order valence-electron chi connectivity index (χ0n) is 12.0. The lowest BCUT2D eigenvalue weighted by molar-refractivity contribution is 0.0696. The van der Waals surface area contributed by atoms with Crippen LogP contribution >= 0.6 is 0 Å². The molecule has 0 spiro atoms. The second-order valence-electron chi connectivity index (χ2n) is 5.14. The van der Waals surface area contributed by atoms with Crippen LogP contribution in [0.15, 0.2) is 60.8 Å². The number of nitrogens with zero attached hydrogens (tertiary/aromatic N) is 1. The van der Waals surface area contributed by atoms with Gasteiger partial charge in [0.05, 0.1) is 11.1 Å². The van der Waals surface area contributed by atoms with E-state index in [4.69, 9.17) is 5.11 Å². The Kier molecular flexibility index (Phi) is 4.12. The van der Waals surface area contributed by atoms with E-state index in [1.54, 1.807) is 24.4 Å². The second kappa shape index (κ2) is 6.37. The molecule has 0 saturated heterocycles. The van der Waals surface area contributed by atoms with Gasteiger partial charge in [-0.3, -0.25) is 4.98 Å². The number of carboxylic acids is 1. The molecule has 22 heavy (non-hydrogen) atoms. The molecule has 0 amide bonds. The van der Waals surface area contributed by atoms with E-state index in [2.05, 4.69) is 22.4 Å². The molecule has 2 N–H and O–H groups in total. The minimum atomic E-state index is -0.899. The largest absolute Gasteiger partial charge is 0.478 e. The van der Waals surface area contributed by atoms with Crippen LogP contribution in [0.3, 0.4) is 0 Å². The summed E-state index contributed by atoms with van der Waals surface area (Å²) in [5.41, 5.74) is 3.44. The lowest BCUT2D eigenvalue weighted by atomic mass is 10.1. The fourth-order valence-electron chi connectivity index (χ4n) is 2.40. The van der Waals surface area contributed by atoms with E-state index in [9.17, 15) is 4.79 Å². The average Bonchev–Trinajstić information content (AvgIpc) is 2.55. The van der Waals surface area contributed by atoms with Crippen LogP contribution in [-0.4, -0.2) is 16.1 Å². The highest BCUT2D eigenvalue weighted by molar-refractivity contribution is 5.87. The Bertz CT molecular complexity index is 815. The summed E-state index contributed by atoms with van der Waals surface area (Å²) in [5.74, 6) is -0.899. The van der Waals surface area contributed by atoms with Gasteiger partial charge in [0.1, 0.15) is 0 Å². The number of carbonyl (C=O) groups is 1. The predicted octanol–water partition coefficient (Wildman–Crippen LogP) is 3.22. The van der Waals surface area contributed by atoms with Crippen LogP contribution in [0.2, 0.25) is 0 Å². The Hall–Kier alpha value is -2.72. The quantitative estimate of drug-likeness (QED) is 0.758. The maximum Gasteiger partial charge on any atom is 0.335 e. The van der Waals surface area contributed by atoms with Gasteiger partial charge >= 0.3 is 5.97 Å². The van der Waals surface area contributed by atoms with Crippen molar-refractivity contribution in [3.8, 4) is 0 Å². The second-order valence-corrected chi connectivity index (χ2v) is 5.14. The van der Waals surface area contributed by atoms with Crippen LogP contribution in [0.4, 0.5) is 0 Å².